The number of aliphatic carboxylic acids is 1. The van der Waals surface area contributed by atoms with Gasteiger partial charge in [-0.3, -0.25) is 14.5 Å². The molecular weight excluding hydrogens is 260 g/mol. The lowest BCUT2D eigenvalue weighted by Gasteiger charge is -2.36. The molecule has 0 radical (unpaired) electrons. The van der Waals surface area contributed by atoms with Gasteiger partial charge in [0.25, 0.3) is 0 Å². The fourth-order valence-electron chi connectivity index (χ4n) is 3.27. The van der Waals surface area contributed by atoms with Crippen LogP contribution in [0.4, 0.5) is 0 Å². The minimum atomic E-state index is -0.854. The first-order valence-corrected chi connectivity index (χ1v) is 7.37. The number of nitrogens with zero attached hydrogens (tertiary/aromatic N) is 2. The summed E-state index contributed by atoms with van der Waals surface area (Å²) >= 11 is 0. The molecule has 0 aliphatic carbocycles. The molecule has 1 amide bonds. The van der Waals surface area contributed by atoms with Gasteiger partial charge in [-0.1, -0.05) is 6.92 Å². The number of carboxylic acids is 1. The molecule has 1 N–H and O–H groups in total. The molecule has 2 saturated heterocycles. The molecule has 0 bridgehead atoms. The number of amides is 1. The lowest BCUT2D eigenvalue weighted by Crippen LogP contribution is -2.55. The van der Waals surface area contributed by atoms with Crippen LogP contribution in [0.3, 0.4) is 0 Å². The topological polar surface area (TPSA) is 70.1 Å². The Morgan fingerprint density at radius 3 is 2.75 bits per heavy atom. The van der Waals surface area contributed by atoms with Crippen molar-refractivity contribution in [3.8, 4) is 0 Å². The monoisotopic (exact) mass is 284 g/mol. The Balaban J connectivity index is 2.01. The molecule has 0 aromatic rings. The highest BCUT2D eigenvalue weighted by molar-refractivity contribution is 5.82. The molecule has 6 nitrogen and oxygen atoms in total. The molecular formula is C14H24N2O4. The van der Waals surface area contributed by atoms with Gasteiger partial charge in [-0.25, -0.2) is 0 Å². The van der Waals surface area contributed by atoms with Gasteiger partial charge in [0.15, 0.2) is 0 Å². The maximum atomic E-state index is 12.4. The van der Waals surface area contributed by atoms with E-state index >= 15 is 0 Å². The third kappa shape index (κ3) is 2.81. The van der Waals surface area contributed by atoms with E-state index in [2.05, 4.69) is 0 Å². The van der Waals surface area contributed by atoms with Crippen LogP contribution in [-0.4, -0.2) is 71.2 Å². The second-order valence-electron chi connectivity index (χ2n) is 5.74. The van der Waals surface area contributed by atoms with E-state index in [1.54, 1.807) is 4.90 Å². The van der Waals surface area contributed by atoms with Crippen LogP contribution in [0.1, 0.15) is 33.1 Å². The molecule has 0 saturated carbocycles. The molecule has 6 heteroatoms. The van der Waals surface area contributed by atoms with E-state index in [1.165, 1.54) is 0 Å². The summed E-state index contributed by atoms with van der Waals surface area (Å²) in [6.45, 7) is 6.47. The van der Waals surface area contributed by atoms with Crippen molar-refractivity contribution in [3.05, 3.63) is 0 Å². The number of ether oxygens (including phenoxy) is 1. The predicted molar refractivity (Wildman–Crippen MR) is 73.5 cm³/mol. The molecule has 2 atom stereocenters. The van der Waals surface area contributed by atoms with Crippen molar-refractivity contribution in [2.24, 2.45) is 0 Å². The van der Waals surface area contributed by atoms with E-state index in [0.29, 0.717) is 39.1 Å². The van der Waals surface area contributed by atoms with Crippen LogP contribution >= 0.6 is 0 Å². The lowest BCUT2D eigenvalue weighted by molar-refractivity contribution is -0.152. The smallest absolute Gasteiger partial charge is 0.324 e. The Hall–Kier alpha value is -1.14. The Bertz CT molecular complexity index is 387. The van der Waals surface area contributed by atoms with Crippen LogP contribution in [-0.2, 0) is 14.3 Å². The Labute approximate surface area is 119 Å². The lowest BCUT2D eigenvalue weighted by atomic mass is 9.93. The molecule has 114 valence electrons. The molecule has 2 fully saturated rings. The van der Waals surface area contributed by atoms with E-state index in [9.17, 15) is 14.7 Å². The van der Waals surface area contributed by atoms with Gasteiger partial charge < -0.3 is 14.7 Å². The molecule has 2 heterocycles. The van der Waals surface area contributed by atoms with Gasteiger partial charge in [-0.2, -0.15) is 0 Å². The minimum Gasteiger partial charge on any atom is -0.480 e. The number of carboxylic acid groups (broad SMARTS) is 1. The second kappa shape index (κ2) is 6.10. The molecule has 0 aromatic carbocycles. The van der Waals surface area contributed by atoms with Crippen LogP contribution in [0.5, 0.6) is 0 Å². The Morgan fingerprint density at radius 1 is 1.40 bits per heavy atom. The first kappa shape index (κ1) is 15.3. The summed E-state index contributed by atoms with van der Waals surface area (Å²) in [7, 11) is 0. The van der Waals surface area contributed by atoms with Gasteiger partial charge in [0, 0.05) is 13.1 Å². The first-order chi connectivity index (χ1) is 9.49. The largest absolute Gasteiger partial charge is 0.480 e. The number of hydrogen-bond acceptors (Lipinski definition) is 4. The highest BCUT2D eigenvalue weighted by Crippen LogP contribution is 2.32. The zero-order valence-corrected chi connectivity index (χ0v) is 12.3. The van der Waals surface area contributed by atoms with E-state index in [1.807, 2.05) is 18.7 Å². The van der Waals surface area contributed by atoms with Gasteiger partial charge in [0.1, 0.15) is 5.54 Å². The first-order valence-electron chi connectivity index (χ1n) is 7.37. The Kier molecular flexibility index (Phi) is 4.65. The molecule has 2 rings (SSSR count). The standard InChI is InChI=1S/C14H24N2O4/c1-3-14(13(18)19)5-4-6-16(14)10-12(17)15-7-8-20-11(2)9-15/h11H,3-10H2,1-2H3,(H,18,19). The summed E-state index contributed by atoms with van der Waals surface area (Å²) in [6.07, 6.45) is 2.06. The number of carbonyl (C=O) groups is 2. The van der Waals surface area contributed by atoms with Gasteiger partial charge >= 0.3 is 5.97 Å². The summed E-state index contributed by atoms with van der Waals surface area (Å²) in [5.41, 5.74) is -0.854. The fraction of sp³-hybridized carbons (Fsp3) is 0.857. The zero-order chi connectivity index (χ0) is 14.8. The van der Waals surface area contributed by atoms with Crippen LogP contribution in [0.25, 0.3) is 0 Å². The average Bonchev–Trinajstić information content (AvgIpc) is 2.82. The highest BCUT2D eigenvalue weighted by atomic mass is 16.5. The highest BCUT2D eigenvalue weighted by Gasteiger charge is 2.47. The maximum Gasteiger partial charge on any atom is 0.324 e. The number of carbonyl (C=O) groups excluding carboxylic acids is 1. The van der Waals surface area contributed by atoms with E-state index in [-0.39, 0.29) is 18.6 Å². The SMILES string of the molecule is CCC1(C(=O)O)CCCN1CC(=O)N1CCOC(C)C1. The molecule has 2 aliphatic heterocycles. The van der Waals surface area contributed by atoms with Crippen molar-refractivity contribution >= 4 is 11.9 Å². The fourth-order valence-corrected chi connectivity index (χ4v) is 3.27. The van der Waals surface area contributed by atoms with Crippen molar-refractivity contribution < 1.29 is 19.4 Å². The zero-order valence-electron chi connectivity index (χ0n) is 12.3. The van der Waals surface area contributed by atoms with Gasteiger partial charge in [-0.15, -0.1) is 0 Å². The van der Waals surface area contributed by atoms with E-state index < -0.39 is 11.5 Å². The molecule has 0 aromatic heterocycles. The average molecular weight is 284 g/mol. The molecule has 2 aliphatic rings. The summed E-state index contributed by atoms with van der Waals surface area (Å²) in [5.74, 6) is -0.790. The van der Waals surface area contributed by atoms with Crippen molar-refractivity contribution in [2.75, 3.05) is 32.8 Å². The number of morpholine rings is 1. The van der Waals surface area contributed by atoms with Gasteiger partial charge in [-0.05, 0) is 32.7 Å². The van der Waals surface area contributed by atoms with Crippen LogP contribution in [0, 0.1) is 0 Å². The van der Waals surface area contributed by atoms with E-state index in [4.69, 9.17) is 4.74 Å². The summed E-state index contributed by atoms with van der Waals surface area (Å²) in [4.78, 5) is 27.6. The molecule has 20 heavy (non-hydrogen) atoms. The van der Waals surface area contributed by atoms with Crippen molar-refractivity contribution in [3.63, 3.8) is 0 Å². The van der Waals surface area contributed by atoms with Crippen LogP contribution in [0.2, 0.25) is 0 Å². The van der Waals surface area contributed by atoms with Crippen LogP contribution < -0.4 is 0 Å². The van der Waals surface area contributed by atoms with Gasteiger partial charge in [0.2, 0.25) is 5.91 Å². The van der Waals surface area contributed by atoms with Crippen molar-refractivity contribution in [2.45, 2.75) is 44.8 Å². The number of likely N-dealkylation sites (tertiary alicyclic amines) is 1. The molecule has 2 unspecified atom stereocenters. The number of hydrogen-bond donors (Lipinski definition) is 1. The van der Waals surface area contributed by atoms with Crippen molar-refractivity contribution in [1.29, 1.82) is 0 Å². The molecule has 0 spiro atoms. The van der Waals surface area contributed by atoms with Gasteiger partial charge in [0.05, 0.1) is 19.3 Å². The maximum absolute atomic E-state index is 12.4. The minimum absolute atomic E-state index is 0.0149. The van der Waals surface area contributed by atoms with Crippen molar-refractivity contribution in [1.82, 2.24) is 9.80 Å². The summed E-state index contributed by atoms with van der Waals surface area (Å²) < 4.78 is 5.43. The summed E-state index contributed by atoms with van der Waals surface area (Å²) in [5, 5.41) is 9.51. The third-order valence-electron chi connectivity index (χ3n) is 4.53. The van der Waals surface area contributed by atoms with Crippen LogP contribution in [0.15, 0.2) is 0 Å². The quantitative estimate of drug-likeness (QED) is 0.817. The predicted octanol–water partition coefficient (Wildman–Crippen LogP) is 0.563. The van der Waals surface area contributed by atoms with E-state index in [0.717, 1.165) is 6.42 Å². The second-order valence-corrected chi connectivity index (χ2v) is 5.74. The summed E-state index contributed by atoms with van der Waals surface area (Å²) in [6, 6.07) is 0. The normalized spacial score (nSPS) is 31.5. The third-order valence-corrected chi connectivity index (χ3v) is 4.53. The number of rotatable bonds is 4. The Morgan fingerprint density at radius 2 is 2.15 bits per heavy atom.